The van der Waals surface area contributed by atoms with E-state index in [-0.39, 0.29) is 0 Å². The molecular weight excluding hydrogens is 204 g/mol. The molecule has 4 N–H and O–H groups in total. The minimum Gasteiger partial charge on any atom is -0.352 e. The van der Waals surface area contributed by atoms with Crippen LogP contribution in [-0.2, 0) is 0 Å². The second-order valence-electron chi connectivity index (χ2n) is 4.74. The van der Waals surface area contributed by atoms with Crippen molar-refractivity contribution < 1.29 is 4.79 Å². The van der Waals surface area contributed by atoms with Crippen molar-refractivity contribution in [3.05, 3.63) is 0 Å². The largest absolute Gasteiger partial charge is 0.352 e. The molecule has 2 heterocycles. The Labute approximate surface area is 96.7 Å². The van der Waals surface area contributed by atoms with Gasteiger partial charge in [0.05, 0.1) is 0 Å². The fourth-order valence-corrected chi connectivity index (χ4v) is 2.93. The van der Waals surface area contributed by atoms with Gasteiger partial charge in [-0.3, -0.25) is 4.90 Å². The van der Waals surface area contributed by atoms with Crippen molar-refractivity contribution in [2.45, 2.75) is 37.8 Å². The molecule has 5 heteroatoms. The van der Waals surface area contributed by atoms with E-state index in [2.05, 4.69) is 15.5 Å². The van der Waals surface area contributed by atoms with Gasteiger partial charge in [0.1, 0.15) is 0 Å². The zero-order valence-corrected chi connectivity index (χ0v) is 9.74. The van der Waals surface area contributed by atoms with Gasteiger partial charge in [-0.15, -0.1) is 0 Å². The number of rotatable bonds is 4. The van der Waals surface area contributed by atoms with Gasteiger partial charge in [-0.05, 0) is 25.8 Å². The molecule has 2 saturated heterocycles. The minimum atomic E-state index is -0.437. The van der Waals surface area contributed by atoms with Crippen LogP contribution in [0.3, 0.4) is 0 Å². The molecule has 0 aliphatic carbocycles. The monoisotopic (exact) mass is 226 g/mol. The molecule has 2 aliphatic heterocycles. The topological polar surface area (TPSA) is 70.4 Å². The van der Waals surface area contributed by atoms with Crippen LogP contribution in [0.25, 0.3) is 0 Å². The van der Waals surface area contributed by atoms with E-state index in [1.54, 1.807) is 0 Å². The Morgan fingerprint density at radius 3 is 2.94 bits per heavy atom. The van der Waals surface area contributed by atoms with Crippen LogP contribution in [-0.4, -0.2) is 49.2 Å². The van der Waals surface area contributed by atoms with E-state index >= 15 is 0 Å². The number of hydrogen-bond acceptors (Lipinski definition) is 3. The van der Waals surface area contributed by atoms with Crippen molar-refractivity contribution in [2.75, 3.05) is 26.2 Å². The molecule has 16 heavy (non-hydrogen) atoms. The maximum absolute atomic E-state index is 10.5. The second-order valence-corrected chi connectivity index (χ2v) is 4.74. The summed E-state index contributed by atoms with van der Waals surface area (Å²) < 4.78 is 0. The number of hydrogen-bond donors (Lipinski definition) is 3. The van der Waals surface area contributed by atoms with Crippen molar-refractivity contribution in [3.63, 3.8) is 0 Å². The van der Waals surface area contributed by atoms with Crippen molar-refractivity contribution >= 4 is 6.03 Å². The molecule has 0 saturated carbocycles. The number of carbonyl (C=O) groups excluding carboxylic acids is 1. The lowest BCUT2D eigenvalue weighted by atomic mass is 9.99. The van der Waals surface area contributed by atoms with E-state index < -0.39 is 6.03 Å². The molecule has 92 valence electrons. The predicted molar refractivity (Wildman–Crippen MR) is 63.2 cm³/mol. The number of carbonyl (C=O) groups is 1. The summed E-state index contributed by atoms with van der Waals surface area (Å²) in [5.41, 5.74) is 5.01. The van der Waals surface area contributed by atoms with E-state index in [9.17, 15) is 4.79 Å². The summed E-state index contributed by atoms with van der Waals surface area (Å²) >= 11 is 0. The van der Waals surface area contributed by atoms with Crippen molar-refractivity contribution in [3.8, 4) is 0 Å². The highest BCUT2D eigenvalue weighted by molar-refractivity contribution is 5.71. The van der Waals surface area contributed by atoms with E-state index in [4.69, 9.17) is 5.73 Å². The lowest BCUT2D eigenvalue weighted by Gasteiger charge is -2.32. The molecule has 0 aromatic heterocycles. The van der Waals surface area contributed by atoms with Crippen LogP contribution in [0.1, 0.15) is 25.7 Å². The van der Waals surface area contributed by atoms with Crippen molar-refractivity contribution in [2.24, 2.45) is 5.73 Å². The summed E-state index contributed by atoms with van der Waals surface area (Å²) in [6.45, 7) is 3.93. The van der Waals surface area contributed by atoms with Gasteiger partial charge >= 0.3 is 6.03 Å². The lowest BCUT2D eigenvalue weighted by Crippen LogP contribution is -2.47. The summed E-state index contributed by atoms with van der Waals surface area (Å²) in [5.74, 6) is 0. The first-order chi connectivity index (χ1) is 7.77. The van der Waals surface area contributed by atoms with Crippen molar-refractivity contribution in [1.29, 1.82) is 0 Å². The molecule has 0 aromatic carbocycles. The SMILES string of the molecule is NC(=O)NCCNC1CCN2CCCCC12. The molecule has 0 radical (unpaired) electrons. The number of fused-ring (bicyclic) bond motifs is 1. The third kappa shape index (κ3) is 2.86. The highest BCUT2D eigenvalue weighted by Crippen LogP contribution is 2.26. The quantitative estimate of drug-likeness (QED) is 0.585. The van der Waals surface area contributed by atoms with Crippen LogP contribution < -0.4 is 16.4 Å². The fraction of sp³-hybridized carbons (Fsp3) is 0.909. The highest BCUT2D eigenvalue weighted by Gasteiger charge is 2.34. The fourth-order valence-electron chi connectivity index (χ4n) is 2.93. The maximum atomic E-state index is 10.5. The van der Waals surface area contributed by atoms with Crippen LogP contribution in [0.2, 0.25) is 0 Å². The predicted octanol–water partition coefficient (Wildman–Crippen LogP) is -0.129. The summed E-state index contributed by atoms with van der Waals surface area (Å²) in [5, 5.41) is 6.13. The van der Waals surface area contributed by atoms with Crippen LogP contribution in [0.15, 0.2) is 0 Å². The van der Waals surface area contributed by atoms with Gasteiger partial charge in [-0.25, -0.2) is 4.79 Å². The van der Waals surface area contributed by atoms with Gasteiger partial charge in [0.15, 0.2) is 0 Å². The van der Waals surface area contributed by atoms with E-state index in [0.29, 0.717) is 12.6 Å². The van der Waals surface area contributed by atoms with Crippen LogP contribution in [0.5, 0.6) is 0 Å². The van der Waals surface area contributed by atoms with Gasteiger partial charge in [0.25, 0.3) is 0 Å². The Morgan fingerprint density at radius 1 is 1.25 bits per heavy atom. The summed E-state index contributed by atoms with van der Waals surface area (Å²) in [6.07, 6.45) is 5.27. The number of primary amides is 1. The smallest absolute Gasteiger partial charge is 0.312 e. The van der Waals surface area contributed by atoms with Gasteiger partial charge in [-0.2, -0.15) is 0 Å². The first-order valence-electron chi connectivity index (χ1n) is 6.28. The Hall–Kier alpha value is -0.810. The normalized spacial score (nSPS) is 30.0. The Bertz CT molecular complexity index is 246. The average molecular weight is 226 g/mol. The first-order valence-corrected chi connectivity index (χ1v) is 6.28. The Kier molecular flexibility index (Phi) is 4.01. The number of nitrogens with zero attached hydrogens (tertiary/aromatic N) is 1. The third-order valence-corrected chi connectivity index (χ3v) is 3.69. The summed E-state index contributed by atoms with van der Waals surface area (Å²) in [7, 11) is 0. The molecule has 5 nitrogen and oxygen atoms in total. The van der Waals surface area contributed by atoms with Gasteiger partial charge in [-0.1, -0.05) is 6.42 Å². The number of piperidine rings is 1. The molecule has 2 atom stereocenters. The number of amides is 2. The lowest BCUT2D eigenvalue weighted by molar-refractivity contribution is 0.181. The minimum absolute atomic E-state index is 0.437. The molecule has 2 amide bonds. The van der Waals surface area contributed by atoms with Gasteiger partial charge < -0.3 is 16.4 Å². The Morgan fingerprint density at radius 2 is 2.12 bits per heavy atom. The van der Waals surface area contributed by atoms with Crippen molar-refractivity contribution in [1.82, 2.24) is 15.5 Å². The zero-order chi connectivity index (χ0) is 11.4. The summed E-state index contributed by atoms with van der Waals surface area (Å²) in [4.78, 5) is 13.1. The van der Waals surface area contributed by atoms with Gasteiger partial charge in [0, 0.05) is 31.7 Å². The second kappa shape index (κ2) is 5.50. The standard InChI is InChI=1S/C11H22N4O/c12-11(16)14-6-5-13-9-4-8-15-7-2-1-3-10(9)15/h9-10,13H,1-8H2,(H3,12,14,16). The van der Waals surface area contributed by atoms with E-state index in [1.165, 1.54) is 38.8 Å². The Balaban J connectivity index is 1.67. The van der Waals surface area contributed by atoms with E-state index in [1.807, 2.05) is 0 Å². The highest BCUT2D eigenvalue weighted by atomic mass is 16.2. The zero-order valence-electron chi connectivity index (χ0n) is 9.74. The van der Waals surface area contributed by atoms with Crippen LogP contribution in [0, 0.1) is 0 Å². The molecule has 2 aliphatic rings. The van der Waals surface area contributed by atoms with E-state index in [0.717, 1.165) is 12.6 Å². The molecule has 0 bridgehead atoms. The number of urea groups is 1. The van der Waals surface area contributed by atoms with Crippen LogP contribution in [0.4, 0.5) is 4.79 Å². The summed E-state index contributed by atoms with van der Waals surface area (Å²) in [6, 6.07) is 0.893. The maximum Gasteiger partial charge on any atom is 0.312 e. The average Bonchev–Trinajstić information content (AvgIpc) is 2.68. The number of nitrogens with two attached hydrogens (primary N) is 1. The molecule has 2 unspecified atom stereocenters. The van der Waals surface area contributed by atoms with Crippen LogP contribution >= 0.6 is 0 Å². The first kappa shape index (κ1) is 11.7. The molecule has 0 aromatic rings. The third-order valence-electron chi connectivity index (χ3n) is 3.69. The molecule has 0 spiro atoms. The van der Waals surface area contributed by atoms with Gasteiger partial charge in [0.2, 0.25) is 0 Å². The molecule has 2 fully saturated rings. The molecule has 2 rings (SSSR count). The number of nitrogens with one attached hydrogen (secondary N) is 2. The molecular formula is C11H22N4O.